The van der Waals surface area contributed by atoms with E-state index in [9.17, 15) is 4.79 Å². The standard InChI is InChI=1S/C13H9NO2.C3H8/c15-13-9-5-1-3-7-11(9)16-12-8-4-2-6-10(12)14-13;1-3-2/h1-8H,(H,14,15);3H2,1-2H3. The Bertz CT molecular complexity index is 578. The molecule has 0 atom stereocenters. The number of rotatable bonds is 0. The van der Waals surface area contributed by atoms with Crippen LogP contribution in [0.4, 0.5) is 5.69 Å². The lowest BCUT2D eigenvalue weighted by Crippen LogP contribution is -2.09. The van der Waals surface area contributed by atoms with Gasteiger partial charge in [0.25, 0.3) is 5.91 Å². The van der Waals surface area contributed by atoms with E-state index in [-0.39, 0.29) is 5.91 Å². The number of nitrogens with one attached hydrogen (secondary N) is 1. The molecule has 1 aliphatic rings. The highest BCUT2D eigenvalue weighted by Gasteiger charge is 2.19. The normalized spacial score (nSPS) is 11.8. The molecular formula is C16H17NO2. The number of carbonyl (C=O) groups excluding carboxylic acids is 1. The summed E-state index contributed by atoms with van der Waals surface area (Å²) in [6.45, 7) is 4.25. The first-order valence-corrected chi connectivity index (χ1v) is 6.43. The molecule has 1 aliphatic heterocycles. The van der Waals surface area contributed by atoms with Crippen LogP contribution in [0, 0.1) is 0 Å². The minimum atomic E-state index is -0.138. The first-order chi connectivity index (χ1) is 9.26. The van der Waals surface area contributed by atoms with E-state index in [1.54, 1.807) is 12.1 Å². The Hall–Kier alpha value is -2.29. The maximum absolute atomic E-state index is 11.9. The monoisotopic (exact) mass is 255 g/mol. The maximum atomic E-state index is 11.9. The molecule has 0 saturated heterocycles. The van der Waals surface area contributed by atoms with E-state index >= 15 is 0 Å². The minimum Gasteiger partial charge on any atom is -0.454 e. The fourth-order valence-corrected chi connectivity index (χ4v) is 1.71. The highest BCUT2D eigenvalue weighted by molar-refractivity contribution is 6.07. The third-order valence-corrected chi connectivity index (χ3v) is 2.49. The van der Waals surface area contributed by atoms with Gasteiger partial charge in [0.05, 0.1) is 11.3 Å². The van der Waals surface area contributed by atoms with Crippen molar-refractivity contribution in [3.05, 3.63) is 54.1 Å². The Morgan fingerprint density at radius 1 is 0.947 bits per heavy atom. The van der Waals surface area contributed by atoms with Crippen molar-refractivity contribution in [3.63, 3.8) is 0 Å². The SMILES string of the molecule is CCC.O=C1Nc2ccccc2Oc2ccccc21. The molecule has 0 aromatic heterocycles. The number of fused-ring (bicyclic) bond motifs is 2. The van der Waals surface area contributed by atoms with Crippen LogP contribution in [-0.2, 0) is 0 Å². The molecule has 0 fully saturated rings. The lowest BCUT2D eigenvalue weighted by molar-refractivity contribution is 0.102. The summed E-state index contributed by atoms with van der Waals surface area (Å²) in [7, 11) is 0. The zero-order chi connectivity index (χ0) is 13.7. The van der Waals surface area contributed by atoms with Gasteiger partial charge in [-0.3, -0.25) is 4.79 Å². The average molecular weight is 255 g/mol. The third-order valence-electron chi connectivity index (χ3n) is 2.49. The highest BCUT2D eigenvalue weighted by Crippen LogP contribution is 2.34. The third kappa shape index (κ3) is 2.94. The van der Waals surface area contributed by atoms with Gasteiger partial charge >= 0.3 is 0 Å². The lowest BCUT2D eigenvalue weighted by atomic mass is 10.2. The molecule has 0 aliphatic carbocycles. The zero-order valence-corrected chi connectivity index (χ0v) is 11.1. The summed E-state index contributed by atoms with van der Waals surface area (Å²) in [5.41, 5.74) is 1.25. The van der Waals surface area contributed by atoms with Crippen molar-refractivity contribution in [3.8, 4) is 11.5 Å². The van der Waals surface area contributed by atoms with E-state index in [1.165, 1.54) is 6.42 Å². The van der Waals surface area contributed by atoms with Gasteiger partial charge in [-0.1, -0.05) is 44.5 Å². The molecule has 2 aromatic rings. The molecule has 0 bridgehead atoms. The van der Waals surface area contributed by atoms with Crippen LogP contribution in [0.15, 0.2) is 48.5 Å². The van der Waals surface area contributed by atoms with Crippen molar-refractivity contribution in [1.82, 2.24) is 0 Å². The van der Waals surface area contributed by atoms with Crippen molar-refractivity contribution >= 4 is 11.6 Å². The van der Waals surface area contributed by atoms with Crippen LogP contribution < -0.4 is 10.1 Å². The molecule has 3 rings (SSSR count). The topological polar surface area (TPSA) is 38.3 Å². The molecule has 2 aromatic carbocycles. The Kier molecular flexibility index (Phi) is 4.18. The molecule has 3 nitrogen and oxygen atoms in total. The van der Waals surface area contributed by atoms with Crippen molar-refractivity contribution in [2.75, 3.05) is 5.32 Å². The van der Waals surface area contributed by atoms with Crippen LogP contribution in [0.1, 0.15) is 30.6 Å². The highest BCUT2D eigenvalue weighted by atomic mass is 16.5. The molecule has 3 heteroatoms. The molecule has 0 spiro atoms. The summed E-state index contributed by atoms with van der Waals surface area (Å²) in [4.78, 5) is 11.9. The smallest absolute Gasteiger partial charge is 0.259 e. The second kappa shape index (κ2) is 6.05. The van der Waals surface area contributed by atoms with Gasteiger partial charge in [-0.2, -0.15) is 0 Å². The quantitative estimate of drug-likeness (QED) is 0.754. The predicted octanol–water partition coefficient (Wildman–Crippen LogP) is 4.46. The first kappa shape index (κ1) is 13.1. The Balaban J connectivity index is 0.000000408. The summed E-state index contributed by atoms with van der Waals surface area (Å²) < 4.78 is 5.69. The minimum absolute atomic E-state index is 0.138. The molecule has 0 radical (unpaired) electrons. The van der Waals surface area contributed by atoms with Gasteiger partial charge in [0.1, 0.15) is 5.75 Å². The predicted molar refractivity (Wildman–Crippen MR) is 76.9 cm³/mol. The second-order valence-corrected chi connectivity index (χ2v) is 4.26. The molecule has 1 N–H and O–H groups in total. The zero-order valence-electron chi connectivity index (χ0n) is 11.1. The van der Waals surface area contributed by atoms with E-state index in [1.807, 2.05) is 36.4 Å². The van der Waals surface area contributed by atoms with Gasteiger partial charge in [-0.25, -0.2) is 0 Å². The van der Waals surface area contributed by atoms with Crippen molar-refractivity contribution < 1.29 is 9.53 Å². The fourth-order valence-electron chi connectivity index (χ4n) is 1.71. The number of amides is 1. The number of hydrogen-bond donors (Lipinski definition) is 1. The van der Waals surface area contributed by atoms with Crippen LogP contribution in [0.3, 0.4) is 0 Å². The number of carbonyl (C=O) groups is 1. The summed E-state index contributed by atoms with van der Waals surface area (Å²) in [6.07, 6.45) is 1.25. The number of para-hydroxylation sites is 3. The second-order valence-electron chi connectivity index (χ2n) is 4.26. The van der Waals surface area contributed by atoms with Gasteiger partial charge in [-0.15, -0.1) is 0 Å². The number of ether oxygens (including phenoxy) is 1. The largest absolute Gasteiger partial charge is 0.454 e. The molecule has 98 valence electrons. The van der Waals surface area contributed by atoms with Crippen molar-refractivity contribution in [2.45, 2.75) is 20.3 Å². The van der Waals surface area contributed by atoms with Gasteiger partial charge in [0, 0.05) is 0 Å². The van der Waals surface area contributed by atoms with Crippen molar-refractivity contribution in [1.29, 1.82) is 0 Å². The lowest BCUT2D eigenvalue weighted by Gasteiger charge is -2.06. The van der Waals surface area contributed by atoms with Crippen LogP contribution >= 0.6 is 0 Å². The fraction of sp³-hybridized carbons (Fsp3) is 0.188. The van der Waals surface area contributed by atoms with Crippen molar-refractivity contribution in [2.24, 2.45) is 0 Å². The first-order valence-electron chi connectivity index (χ1n) is 6.43. The summed E-state index contributed by atoms with van der Waals surface area (Å²) in [5, 5.41) is 2.81. The number of anilines is 1. The summed E-state index contributed by atoms with van der Waals surface area (Å²) in [5.74, 6) is 1.12. The molecule has 19 heavy (non-hydrogen) atoms. The average Bonchev–Trinajstić information content (AvgIpc) is 2.56. The Morgan fingerprint density at radius 3 is 2.26 bits per heavy atom. The van der Waals surface area contributed by atoms with Gasteiger partial charge in [-0.05, 0) is 24.3 Å². The van der Waals surface area contributed by atoms with Crippen LogP contribution in [0.5, 0.6) is 11.5 Å². The van der Waals surface area contributed by atoms with E-state index in [0.717, 1.165) is 0 Å². The molecule has 1 heterocycles. The van der Waals surface area contributed by atoms with Crippen LogP contribution in [-0.4, -0.2) is 5.91 Å². The Labute approximate surface area is 113 Å². The number of hydrogen-bond acceptors (Lipinski definition) is 2. The maximum Gasteiger partial charge on any atom is 0.259 e. The van der Waals surface area contributed by atoms with Crippen LogP contribution in [0.2, 0.25) is 0 Å². The molecule has 0 saturated carbocycles. The summed E-state index contributed by atoms with van der Waals surface area (Å²) >= 11 is 0. The van der Waals surface area contributed by atoms with E-state index < -0.39 is 0 Å². The van der Waals surface area contributed by atoms with Gasteiger partial charge < -0.3 is 10.1 Å². The van der Waals surface area contributed by atoms with Gasteiger partial charge in [0.15, 0.2) is 5.75 Å². The van der Waals surface area contributed by atoms with E-state index in [4.69, 9.17) is 4.74 Å². The van der Waals surface area contributed by atoms with E-state index in [0.29, 0.717) is 22.7 Å². The Morgan fingerprint density at radius 2 is 1.53 bits per heavy atom. The molecule has 0 unspecified atom stereocenters. The van der Waals surface area contributed by atoms with E-state index in [2.05, 4.69) is 19.2 Å². The van der Waals surface area contributed by atoms with Crippen LogP contribution in [0.25, 0.3) is 0 Å². The molecular weight excluding hydrogens is 238 g/mol. The summed E-state index contributed by atoms with van der Waals surface area (Å²) in [6, 6.07) is 14.6. The van der Waals surface area contributed by atoms with Gasteiger partial charge in [0.2, 0.25) is 0 Å². The molecule has 1 amide bonds. The number of benzene rings is 2.